The zero-order chi connectivity index (χ0) is 13.2. The molecule has 0 N–H and O–H groups in total. The fraction of sp³-hybridized carbons (Fsp3) is 0.500. The van der Waals surface area contributed by atoms with Crippen molar-refractivity contribution in [3.63, 3.8) is 0 Å². The zero-order valence-corrected chi connectivity index (χ0v) is 10.7. The van der Waals surface area contributed by atoms with E-state index in [4.69, 9.17) is 0 Å². The van der Waals surface area contributed by atoms with E-state index in [2.05, 4.69) is 0 Å². The van der Waals surface area contributed by atoms with Crippen LogP contribution in [0.4, 0.5) is 0 Å². The van der Waals surface area contributed by atoms with Crippen molar-refractivity contribution in [1.82, 2.24) is 0 Å². The van der Waals surface area contributed by atoms with Gasteiger partial charge in [0.15, 0.2) is 11.6 Å². The summed E-state index contributed by atoms with van der Waals surface area (Å²) in [6.45, 7) is 6.79. The van der Waals surface area contributed by atoms with E-state index in [0.717, 1.165) is 0 Å². The molecule has 0 bridgehead atoms. The molecule has 17 heavy (non-hydrogen) atoms. The Labute approximate surface area is 102 Å². The van der Waals surface area contributed by atoms with Gasteiger partial charge in [0, 0.05) is 28.2 Å². The summed E-state index contributed by atoms with van der Waals surface area (Å²) in [5.41, 5.74) is 2.14. The summed E-state index contributed by atoms with van der Waals surface area (Å²) in [7, 11) is 0. The summed E-state index contributed by atoms with van der Waals surface area (Å²) >= 11 is 0. The normalized spacial score (nSPS) is 18.8. The highest BCUT2D eigenvalue weighted by Gasteiger charge is 2.27. The first-order valence-corrected chi connectivity index (χ1v) is 5.74. The predicted octanol–water partition coefficient (Wildman–Crippen LogP) is 2.32. The fourth-order valence-corrected chi connectivity index (χ4v) is 1.88. The van der Waals surface area contributed by atoms with Crippen molar-refractivity contribution >= 4 is 17.9 Å². The van der Waals surface area contributed by atoms with Crippen LogP contribution in [0.2, 0.25) is 0 Å². The average molecular weight is 233 g/mol. The van der Waals surface area contributed by atoms with Gasteiger partial charge in [-0.1, -0.05) is 6.92 Å². The fourth-order valence-electron chi connectivity index (χ4n) is 1.88. The number of hydrogen-bond donors (Lipinski definition) is 0. The second-order valence-corrected chi connectivity index (χ2v) is 4.57. The number of carbonyl (C=O) groups is 2. The number of carbonyl (C=O) groups excluding carboxylic acids is 3. The van der Waals surface area contributed by atoms with Gasteiger partial charge in [0.2, 0.25) is 6.29 Å². The third-order valence-corrected chi connectivity index (χ3v) is 3.34. The lowest BCUT2D eigenvalue weighted by atomic mass is 9.83. The highest BCUT2D eigenvalue weighted by Crippen LogP contribution is 2.27. The Morgan fingerprint density at radius 1 is 1.00 bits per heavy atom. The Balaban J connectivity index is 2.95. The summed E-state index contributed by atoms with van der Waals surface area (Å²) < 4.78 is 0. The lowest BCUT2D eigenvalue weighted by Crippen LogP contribution is -2.21. The molecule has 0 saturated heterocycles. The standard InChI is InChI=1S/C14H17O3/c1-8(7-15)5-6-12-11(4)13(16)9(2)10(3)14(12)17/h8H,5-6H2,1-4H3. The van der Waals surface area contributed by atoms with Crippen molar-refractivity contribution in [3.05, 3.63) is 22.3 Å². The van der Waals surface area contributed by atoms with Gasteiger partial charge in [-0.25, -0.2) is 0 Å². The topological polar surface area (TPSA) is 51.2 Å². The lowest BCUT2D eigenvalue weighted by Gasteiger charge is -2.18. The van der Waals surface area contributed by atoms with Gasteiger partial charge in [-0.3, -0.25) is 14.4 Å². The van der Waals surface area contributed by atoms with Crippen LogP contribution < -0.4 is 0 Å². The molecule has 0 heterocycles. The Kier molecular flexibility index (Phi) is 4.16. The molecule has 0 amide bonds. The minimum absolute atomic E-state index is 0.0557. The van der Waals surface area contributed by atoms with Crippen LogP contribution in [0, 0.1) is 5.92 Å². The molecule has 0 fully saturated rings. The lowest BCUT2D eigenvalue weighted by molar-refractivity contribution is -0.116. The van der Waals surface area contributed by atoms with Crippen LogP contribution in [0.15, 0.2) is 22.3 Å². The number of hydrogen-bond acceptors (Lipinski definition) is 3. The van der Waals surface area contributed by atoms with E-state index in [1.54, 1.807) is 27.7 Å². The Morgan fingerprint density at radius 2 is 1.53 bits per heavy atom. The van der Waals surface area contributed by atoms with Gasteiger partial charge in [0.25, 0.3) is 0 Å². The predicted molar refractivity (Wildman–Crippen MR) is 65.2 cm³/mol. The molecule has 0 aromatic heterocycles. The third kappa shape index (κ3) is 2.60. The number of ketones is 2. The number of rotatable bonds is 4. The summed E-state index contributed by atoms with van der Waals surface area (Å²) in [4.78, 5) is 34.3. The molecule has 3 nitrogen and oxygen atoms in total. The molecule has 0 aromatic rings. The number of Topliss-reactive ketones (excluding diaryl/α,β-unsaturated/α-hetero) is 2. The van der Waals surface area contributed by atoms with E-state index in [1.165, 1.54) is 0 Å². The van der Waals surface area contributed by atoms with Crippen LogP contribution in [0.3, 0.4) is 0 Å². The van der Waals surface area contributed by atoms with Crippen LogP contribution >= 0.6 is 0 Å². The Hall–Kier alpha value is -1.51. The van der Waals surface area contributed by atoms with Gasteiger partial charge >= 0.3 is 0 Å². The highest BCUT2D eigenvalue weighted by atomic mass is 16.1. The second kappa shape index (κ2) is 5.21. The molecule has 1 rings (SSSR count). The number of allylic oxidation sites excluding steroid dienone is 4. The van der Waals surface area contributed by atoms with Crippen molar-refractivity contribution in [2.75, 3.05) is 0 Å². The van der Waals surface area contributed by atoms with Gasteiger partial charge in [-0.05, 0) is 33.6 Å². The van der Waals surface area contributed by atoms with E-state index < -0.39 is 0 Å². The zero-order valence-electron chi connectivity index (χ0n) is 10.7. The van der Waals surface area contributed by atoms with Crippen molar-refractivity contribution in [1.29, 1.82) is 0 Å². The molecule has 1 atom stereocenters. The van der Waals surface area contributed by atoms with Crippen molar-refractivity contribution in [2.24, 2.45) is 5.92 Å². The van der Waals surface area contributed by atoms with Gasteiger partial charge in [-0.2, -0.15) is 0 Å². The maximum atomic E-state index is 12.0. The summed E-state index contributed by atoms with van der Waals surface area (Å²) in [6, 6.07) is 0. The minimum Gasteiger partial charge on any atom is -0.291 e. The third-order valence-electron chi connectivity index (χ3n) is 3.34. The molecular weight excluding hydrogens is 216 g/mol. The van der Waals surface area contributed by atoms with Gasteiger partial charge in [0.1, 0.15) is 0 Å². The summed E-state index contributed by atoms with van der Waals surface area (Å²) in [5.74, 6) is -0.317. The van der Waals surface area contributed by atoms with Crippen LogP contribution in [0.1, 0.15) is 40.5 Å². The van der Waals surface area contributed by atoms with Crippen LogP contribution in [0.5, 0.6) is 0 Å². The largest absolute Gasteiger partial charge is 0.291 e. The SMILES string of the molecule is CC1=C(C)C(=O)C(CCC(C)[C]=O)=C(C)C1=O. The monoisotopic (exact) mass is 233 g/mol. The van der Waals surface area contributed by atoms with E-state index in [-0.39, 0.29) is 17.5 Å². The van der Waals surface area contributed by atoms with Crippen molar-refractivity contribution in [2.45, 2.75) is 40.5 Å². The first kappa shape index (κ1) is 13.6. The average Bonchev–Trinajstić information content (AvgIpc) is 2.33. The molecule has 0 saturated carbocycles. The highest BCUT2D eigenvalue weighted by molar-refractivity contribution is 6.24. The second-order valence-electron chi connectivity index (χ2n) is 4.57. The Morgan fingerprint density at radius 3 is 2.06 bits per heavy atom. The van der Waals surface area contributed by atoms with Gasteiger partial charge in [-0.15, -0.1) is 0 Å². The molecule has 0 aromatic carbocycles. The van der Waals surface area contributed by atoms with E-state index >= 15 is 0 Å². The minimum atomic E-state index is -0.203. The first-order chi connectivity index (χ1) is 7.90. The molecule has 1 aliphatic carbocycles. The summed E-state index contributed by atoms with van der Waals surface area (Å²) in [6.07, 6.45) is 2.91. The molecular formula is C14H17O3. The van der Waals surface area contributed by atoms with Gasteiger partial charge < -0.3 is 0 Å². The van der Waals surface area contributed by atoms with E-state index in [9.17, 15) is 14.4 Å². The van der Waals surface area contributed by atoms with Gasteiger partial charge in [0.05, 0.1) is 0 Å². The van der Waals surface area contributed by atoms with Crippen molar-refractivity contribution < 1.29 is 14.4 Å². The Bertz CT molecular complexity index is 438. The molecule has 1 radical (unpaired) electrons. The van der Waals surface area contributed by atoms with Crippen LogP contribution in [-0.4, -0.2) is 17.9 Å². The molecule has 1 unspecified atom stereocenters. The molecule has 91 valence electrons. The van der Waals surface area contributed by atoms with E-state index in [0.29, 0.717) is 35.1 Å². The summed E-state index contributed by atoms with van der Waals surface area (Å²) in [5, 5.41) is 0. The van der Waals surface area contributed by atoms with Crippen molar-refractivity contribution in [3.8, 4) is 0 Å². The molecule has 0 aliphatic heterocycles. The van der Waals surface area contributed by atoms with Crippen LogP contribution in [0.25, 0.3) is 0 Å². The quantitative estimate of drug-likeness (QED) is 0.700. The maximum absolute atomic E-state index is 12.0. The maximum Gasteiger partial charge on any atom is 0.201 e. The molecule has 3 heteroatoms. The smallest absolute Gasteiger partial charge is 0.201 e. The molecule has 1 aliphatic rings. The first-order valence-electron chi connectivity index (χ1n) is 5.74. The molecule has 0 spiro atoms. The van der Waals surface area contributed by atoms with Crippen LogP contribution in [-0.2, 0) is 14.4 Å². The van der Waals surface area contributed by atoms with E-state index in [1.807, 2.05) is 6.29 Å².